The molecule has 5 heteroatoms. The molecule has 1 fully saturated rings. The number of hydrogen-bond donors (Lipinski definition) is 1. The van der Waals surface area contributed by atoms with Crippen molar-refractivity contribution in [3.8, 4) is 0 Å². The molecular weight excluding hydrogens is 238 g/mol. The number of rotatable bonds is 2. The van der Waals surface area contributed by atoms with E-state index in [-0.39, 0.29) is 5.91 Å². The van der Waals surface area contributed by atoms with Gasteiger partial charge in [-0.2, -0.15) is 0 Å². The highest BCUT2D eigenvalue weighted by Crippen LogP contribution is 2.38. The van der Waals surface area contributed by atoms with Crippen LogP contribution in [0.4, 0.5) is 5.69 Å². The number of hydrogen-bond acceptors (Lipinski definition) is 4. The van der Waals surface area contributed by atoms with E-state index < -0.39 is 6.10 Å². The molecule has 90 valence electrons. The molecule has 0 bridgehead atoms. The summed E-state index contributed by atoms with van der Waals surface area (Å²) in [5.41, 5.74) is 1.51. The molecule has 1 aromatic carbocycles. The van der Waals surface area contributed by atoms with Crippen LogP contribution in [0, 0.1) is 0 Å². The van der Waals surface area contributed by atoms with E-state index in [2.05, 4.69) is 0 Å². The van der Waals surface area contributed by atoms with Crippen LogP contribution in [0.15, 0.2) is 23.1 Å². The van der Waals surface area contributed by atoms with Crippen LogP contribution in [0.25, 0.3) is 0 Å². The van der Waals surface area contributed by atoms with Crippen LogP contribution in [0.3, 0.4) is 0 Å². The second kappa shape index (κ2) is 4.01. The molecule has 2 aliphatic rings. The highest BCUT2D eigenvalue weighted by Gasteiger charge is 2.33. The molecule has 1 amide bonds. The summed E-state index contributed by atoms with van der Waals surface area (Å²) in [5, 5.41) is 10.2. The lowest BCUT2D eigenvalue weighted by Gasteiger charge is -2.25. The van der Waals surface area contributed by atoms with E-state index in [1.54, 1.807) is 18.8 Å². The highest BCUT2D eigenvalue weighted by molar-refractivity contribution is 8.00. The van der Waals surface area contributed by atoms with Crippen molar-refractivity contribution >= 4 is 23.4 Å². The number of ether oxygens (including phenoxy) is 1. The molecule has 1 atom stereocenters. The molecule has 1 N–H and O–H groups in total. The SMILES string of the molecule is CN1C(=O)C(O)c2ccc(SC3COC3)cc21. The first-order valence-corrected chi connectivity index (χ1v) is 6.39. The number of likely N-dealkylation sites (N-methyl/N-ethyl adjacent to an activating group) is 1. The van der Waals surface area contributed by atoms with Crippen LogP contribution < -0.4 is 4.90 Å². The van der Waals surface area contributed by atoms with Gasteiger partial charge in [0.25, 0.3) is 5.91 Å². The van der Waals surface area contributed by atoms with Gasteiger partial charge >= 0.3 is 0 Å². The minimum Gasteiger partial charge on any atom is -0.379 e. The Morgan fingerprint density at radius 3 is 2.88 bits per heavy atom. The van der Waals surface area contributed by atoms with Crippen LogP contribution >= 0.6 is 11.8 Å². The molecule has 2 aliphatic heterocycles. The summed E-state index contributed by atoms with van der Waals surface area (Å²) in [6, 6.07) is 5.76. The molecule has 1 unspecified atom stereocenters. The smallest absolute Gasteiger partial charge is 0.260 e. The fraction of sp³-hybridized carbons (Fsp3) is 0.417. The van der Waals surface area contributed by atoms with Gasteiger partial charge in [-0.15, -0.1) is 11.8 Å². The first kappa shape index (κ1) is 11.1. The molecule has 0 radical (unpaired) electrons. The normalized spacial score (nSPS) is 23.8. The molecule has 0 aliphatic carbocycles. The second-order valence-electron chi connectivity index (χ2n) is 4.30. The number of nitrogens with zero attached hydrogens (tertiary/aromatic N) is 1. The Balaban J connectivity index is 1.88. The van der Waals surface area contributed by atoms with Crippen LogP contribution in [0.2, 0.25) is 0 Å². The lowest BCUT2D eigenvalue weighted by molar-refractivity contribution is -0.125. The van der Waals surface area contributed by atoms with Gasteiger partial charge in [-0.1, -0.05) is 6.07 Å². The van der Waals surface area contributed by atoms with Gasteiger partial charge in [0, 0.05) is 17.5 Å². The number of carbonyl (C=O) groups is 1. The van der Waals surface area contributed by atoms with E-state index in [9.17, 15) is 9.90 Å². The van der Waals surface area contributed by atoms with Crippen molar-refractivity contribution < 1.29 is 14.6 Å². The summed E-state index contributed by atoms with van der Waals surface area (Å²) in [4.78, 5) is 14.2. The third kappa shape index (κ3) is 1.74. The van der Waals surface area contributed by atoms with E-state index in [0.29, 0.717) is 10.8 Å². The Bertz CT molecular complexity index is 473. The lowest BCUT2D eigenvalue weighted by Crippen LogP contribution is -2.30. The monoisotopic (exact) mass is 251 g/mol. The van der Waals surface area contributed by atoms with Gasteiger partial charge in [0.2, 0.25) is 0 Å². The number of aliphatic hydroxyl groups is 1. The van der Waals surface area contributed by atoms with Crippen LogP contribution in [0.5, 0.6) is 0 Å². The van der Waals surface area contributed by atoms with Gasteiger partial charge in [0.1, 0.15) is 0 Å². The third-order valence-electron chi connectivity index (χ3n) is 3.13. The topological polar surface area (TPSA) is 49.8 Å². The molecule has 0 spiro atoms. The quantitative estimate of drug-likeness (QED) is 0.857. The maximum absolute atomic E-state index is 11.6. The Morgan fingerprint density at radius 2 is 2.24 bits per heavy atom. The average Bonchev–Trinajstić information content (AvgIpc) is 2.49. The summed E-state index contributed by atoms with van der Waals surface area (Å²) in [6.45, 7) is 1.58. The number of amides is 1. The van der Waals surface area contributed by atoms with Gasteiger partial charge in [-0.25, -0.2) is 0 Å². The van der Waals surface area contributed by atoms with E-state index >= 15 is 0 Å². The number of thioether (sulfide) groups is 1. The summed E-state index contributed by atoms with van der Waals surface area (Å²) in [5.74, 6) is -0.255. The molecule has 3 rings (SSSR count). The molecule has 4 nitrogen and oxygen atoms in total. The molecule has 0 saturated carbocycles. The Labute approximate surface area is 104 Å². The minimum atomic E-state index is -0.999. The summed E-state index contributed by atoms with van der Waals surface area (Å²) in [7, 11) is 1.69. The van der Waals surface area contributed by atoms with Gasteiger partial charge in [0.15, 0.2) is 6.10 Å². The first-order valence-electron chi connectivity index (χ1n) is 5.51. The minimum absolute atomic E-state index is 0.255. The number of fused-ring (bicyclic) bond motifs is 1. The highest BCUT2D eigenvalue weighted by atomic mass is 32.2. The standard InChI is InChI=1S/C12H13NO3S/c1-13-10-4-7(17-8-5-16-6-8)2-3-9(10)11(14)12(13)15/h2-4,8,11,14H,5-6H2,1H3. The predicted molar refractivity (Wildman–Crippen MR) is 65.3 cm³/mol. The van der Waals surface area contributed by atoms with Gasteiger partial charge in [0.05, 0.1) is 24.2 Å². The van der Waals surface area contributed by atoms with Crippen molar-refractivity contribution in [1.82, 2.24) is 0 Å². The first-order chi connectivity index (χ1) is 8.16. The van der Waals surface area contributed by atoms with E-state index in [1.807, 2.05) is 18.2 Å². The van der Waals surface area contributed by atoms with Crippen LogP contribution in [0.1, 0.15) is 11.7 Å². The van der Waals surface area contributed by atoms with Crippen molar-refractivity contribution in [2.45, 2.75) is 16.2 Å². The Morgan fingerprint density at radius 1 is 1.47 bits per heavy atom. The molecule has 0 aromatic heterocycles. The Kier molecular flexibility index (Phi) is 2.61. The number of anilines is 1. The van der Waals surface area contributed by atoms with Crippen LogP contribution in [-0.2, 0) is 9.53 Å². The molecule has 1 aromatic rings. The van der Waals surface area contributed by atoms with E-state index in [4.69, 9.17) is 4.74 Å². The van der Waals surface area contributed by atoms with Gasteiger partial charge in [-0.05, 0) is 12.1 Å². The fourth-order valence-electron chi connectivity index (χ4n) is 2.03. The summed E-state index contributed by atoms with van der Waals surface area (Å²) in [6.07, 6.45) is -0.999. The van der Waals surface area contributed by atoms with Gasteiger partial charge in [-0.3, -0.25) is 4.79 Å². The molecule has 17 heavy (non-hydrogen) atoms. The predicted octanol–water partition coefficient (Wildman–Crippen LogP) is 1.19. The lowest BCUT2D eigenvalue weighted by atomic mass is 10.1. The number of carbonyl (C=O) groups excluding carboxylic acids is 1. The van der Waals surface area contributed by atoms with Gasteiger partial charge < -0.3 is 14.7 Å². The number of benzene rings is 1. The fourth-order valence-corrected chi connectivity index (χ4v) is 3.07. The molecule has 1 saturated heterocycles. The summed E-state index contributed by atoms with van der Waals surface area (Å²) >= 11 is 1.76. The zero-order valence-corrected chi connectivity index (χ0v) is 10.2. The van der Waals surface area contributed by atoms with Crippen LogP contribution in [-0.4, -0.2) is 36.5 Å². The zero-order chi connectivity index (χ0) is 12.0. The van der Waals surface area contributed by atoms with Crippen molar-refractivity contribution in [1.29, 1.82) is 0 Å². The third-order valence-corrected chi connectivity index (χ3v) is 4.26. The largest absolute Gasteiger partial charge is 0.379 e. The van der Waals surface area contributed by atoms with Crippen molar-refractivity contribution in [2.24, 2.45) is 0 Å². The average molecular weight is 251 g/mol. The maximum Gasteiger partial charge on any atom is 0.260 e. The van der Waals surface area contributed by atoms with Crippen molar-refractivity contribution in [3.63, 3.8) is 0 Å². The Hall–Kier alpha value is -1.04. The van der Waals surface area contributed by atoms with E-state index in [1.165, 1.54) is 4.90 Å². The zero-order valence-electron chi connectivity index (χ0n) is 9.42. The van der Waals surface area contributed by atoms with E-state index in [0.717, 1.165) is 23.8 Å². The second-order valence-corrected chi connectivity index (χ2v) is 5.67. The van der Waals surface area contributed by atoms with Crippen molar-refractivity contribution in [2.75, 3.05) is 25.2 Å². The molecule has 2 heterocycles. The van der Waals surface area contributed by atoms with Crippen molar-refractivity contribution in [3.05, 3.63) is 23.8 Å². The molecular formula is C12H13NO3S. The maximum atomic E-state index is 11.6. The number of aliphatic hydroxyl groups excluding tert-OH is 1. The summed E-state index contributed by atoms with van der Waals surface area (Å²) < 4.78 is 5.13.